The van der Waals surface area contributed by atoms with Crippen LogP contribution in [0.15, 0.2) is 47.7 Å². The van der Waals surface area contributed by atoms with E-state index in [0.717, 1.165) is 70.7 Å². The van der Waals surface area contributed by atoms with Gasteiger partial charge in [-0.15, -0.1) is 24.0 Å². The molecule has 1 aromatic heterocycles. The van der Waals surface area contributed by atoms with Gasteiger partial charge in [-0.1, -0.05) is 29.8 Å². The highest BCUT2D eigenvalue weighted by atomic mass is 127. The van der Waals surface area contributed by atoms with Crippen LogP contribution in [-0.2, 0) is 6.54 Å². The minimum Gasteiger partial charge on any atom is -0.357 e. The number of hydrogen-bond acceptors (Lipinski definition) is 5. The zero-order chi connectivity index (χ0) is 21.2. The number of aromatic nitrogens is 2. The van der Waals surface area contributed by atoms with Crippen LogP contribution in [0.2, 0.25) is 0 Å². The topological polar surface area (TPSA) is 59.9 Å². The largest absolute Gasteiger partial charge is 0.357 e. The molecule has 31 heavy (non-hydrogen) atoms. The molecule has 2 aromatic rings. The number of nitrogens with zero attached hydrogens (tertiary/aromatic N) is 6. The highest BCUT2D eigenvalue weighted by Gasteiger charge is 2.18. The molecule has 1 aliphatic heterocycles. The number of guanidine groups is 1. The Bertz CT molecular complexity index is 774. The molecule has 0 saturated carbocycles. The Labute approximate surface area is 204 Å². The van der Waals surface area contributed by atoms with Gasteiger partial charge in [0.2, 0.25) is 5.95 Å². The van der Waals surface area contributed by atoms with Crippen LogP contribution in [0, 0.1) is 6.92 Å². The maximum Gasteiger partial charge on any atom is 0.225 e. The highest BCUT2D eigenvalue weighted by molar-refractivity contribution is 14.0. The molecule has 1 saturated heterocycles. The molecule has 0 aliphatic carbocycles. The van der Waals surface area contributed by atoms with Gasteiger partial charge in [-0.25, -0.2) is 9.97 Å². The second-order valence-corrected chi connectivity index (χ2v) is 7.81. The maximum atomic E-state index is 4.85. The molecule has 8 heteroatoms. The van der Waals surface area contributed by atoms with Crippen molar-refractivity contribution in [2.45, 2.75) is 26.8 Å². The first-order chi connectivity index (χ1) is 14.7. The first-order valence-corrected chi connectivity index (χ1v) is 10.9. The van der Waals surface area contributed by atoms with Gasteiger partial charge >= 0.3 is 0 Å². The second kappa shape index (κ2) is 13.5. The number of hydrogen-bond donors (Lipinski definition) is 1. The summed E-state index contributed by atoms with van der Waals surface area (Å²) in [5.41, 5.74) is 2.59. The van der Waals surface area contributed by atoms with Crippen LogP contribution in [0.25, 0.3) is 0 Å². The summed E-state index contributed by atoms with van der Waals surface area (Å²) in [7, 11) is 2.10. The fourth-order valence-corrected chi connectivity index (χ4v) is 3.62. The van der Waals surface area contributed by atoms with Gasteiger partial charge in [-0.05, 0) is 31.9 Å². The van der Waals surface area contributed by atoms with Crippen LogP contribution in [0.3, 0.4) is 0 Å². The van der Waals surface area contributed by atoms with Crippen LogP contribution < -0.4 is 10.2 Å². The number of aryl methyl sites for hydroxylation is 1. The fraction of sp³-hybridized carbons (Fsp3) is 0.522. The van der Waals surface area contributed by atoms with E-state index in [2.05, 4.69) is 75.1 Å². The molecule has 1 N–H and O–H groups in total. The van der Waals surface area contributed by atoms with Crippen molar-refractivity contribution in [3.05, 3.63) is 53.9 Å². The third-order valence-electron chi connectivity index (χ3n) is 5.34. The molecule has 0 radical (unpaired) electrons. The number of halogens is 1. The lowest BCUT2D eigenvalue weighted by atomic mass is 10.1. The Hall–Kier alpha value is -1.94. The van der Waals surface area contributed by atoms with Crippen LogP contribution in [0.1, 0.15) is 24.5 Å². The molecule has 7 nitrogen and oxygen atoms in total. The van der Waals surface area contributed by atoms with Crippen molar-refractivity contribution in [3.8, 4) is 0 Å². The summed E-state index contributed by atoms with van der Waals surface area (Å²) in [4.78, 5) is 20.5. The summed E-state index contributed by atoms with van der Waals surface area (Å²) in [6.07, 6.45) is 4.68. The monoisotopic (exact) mass is 537 g/mol. The average molecular weight is 537 g/mol. The van der Waals surface area contributed by atoms with Gasteiger partial charge in [-0.2, -0.15) is 0 Å². The van der Waals surface area contributed by atoms with Crippen molar-refractivity contribution in [1.29, 1.82) is 0 Å². The number of anilines is 1. The normalized spacial score (nSPS) is 14.8. The average Bonchev–Trinajstić information content (AvgIpc) is 2.78. The molecular formula is C23H36IN7. The Balaban J connectivity index is 0.00000341. The number of nitrogens with one attached hydrogen (secondary N) is 1. The van der Waals surface area contributed by atoms with E-state index in [1.165, 1.54) is 11.1 Å². The third kappa shape index (κ3) is 8.25. The van der Waals surface area contributed by atoms with Gasteiger partial charge in [0.15, 0.2) is 5.96 Å². The first kappa shape index (κ1) is 25.3. The van der Waals surface area contributed by atoms with Crippen molar-refractivity contribution in [2.24, 2.45) is 4.99 Å². The highest BCUT2D eigenvalue weighted by Crippen LogP contribution is 2.10. The molecule has 1 aliphatic rings. The summed E-state index contributed by atoms with van der Waals surface area (Å²) >= 11 is 0. The van der Waals surface area contributed by atoms with Crippen LogP contribution >= 0.6 is 24.0 Å². The molecule has 0 amide bonds. The van der Waals surface area contributed by atoms with Gasteiger partial charge in [-0.3, -0.25) is 9.89 Å². The Morgan fingerprint density at radius 1 is 1.10 bits per heavy atom. The zero-order valence-corrected chi connectivity index (χ0v) is 21.3. The van der Waals surface area contributed by atoms with Crippen LogP contribution in [-0.4, -0.2) is 78.6 Å². The van der Waals surface area contributed by atoms with E-state index in [-0.39, 0.29) is 24.0 Å². The van der Waals surface area contributed by atoms with Gasteiger partial charge in [0.25, 0.3) is 0 Å². The number of aliphatic imine (C=N–C) groups is 1. The summed E-state index contributed by atoms with van der Waals surface area (Å²) in [6, 6.07) is 10.6. The van der Waals surface area contributed by atoms with E-state index < -0.39 is 0 Å². The van der Waals surface area contributed by atoms with Gasteiger partial charge < -0.3 is 15.1 Å². The molecule has 1 aromatic carbocycles. The maximum absolute atomic E-state index is 4.85. The predicted molar refractivity (Wildman–Crippen MR) is 139 cm³/mol. The van der Waals surface area contributed by atoms with Crippen molar-refractivity contribution < 1.29 is 0 Å². The quantitative estimate of drug-likeness (QED) is 0.242. The van der Waals surface area contributed by atoms with Gasteiger partial charge in [0, 0.05) is 71.8 Å². The molecule has 2 heterocycles. The van der Waals surface area contributed by atoms with E-state index in [9.17, 15) is 0 Å². The summed E-state index contributed by atoms with van der Waals surface area (Å²) in [5.74, 6) is 1.82. The lowest BCUT2D eigenvalue weighted by molar-refractivity contribution is 0.255. The number of rotatable bonds is 8. The number of piperazine rings is 1. The zero-order valence-electron chi connectivity index (χ0n) is 19.0. The summed E-state index contributed by atoms with van der Waals surface area (Å²) in [6.45, 7) is 11.9. The van der Waals surface area contributed by atoms with E-state index in [1.807, 2.05) is 18.5 Å². The number of benzene rings is 1. The lowest BCUT2D eigenvalue weighted by Gasteiger charge is -2.34. The molecule has 0 bridgehead atoms. The molecule has 0 atom stereocenters. The van der Waals surface area contributed by atoms with Crippen LogP contribution in [0.4, 0.5) is 5.95 Å². The summed E-state index contributed by atoms with van der Waals surface area (Å²) < 4.78 is 0. The smallest absolute Gasteiger partial charge is 0.225 e. The van der Waals surface area contributed by atoms with Crippen molar-refractivity contribution in [3.63, 3.8) is 0 Å². The molecule has 0 unspecified atom stereocenters. The van der Waals surface area contributed by atoms with Crippen LogP contribution in [0.5, 0.6) is 0 Å². The van der Waals surface area contributed by atoms with E-state index >= 15 is 0 Å². The van der Waals surface area contributed by atoms with Gasteiger partial charge in [0.05, 0.1) is 0 Å². The minimum absolute atomic E-state index is 0. The Morgan fingerprint density at radius 3 is 2.42 bits per heavy atom. The SMILES string of the molecule is CCNC(=NCCCN1CCN(c2ncccn2)CC1)N(C)Cc1ccc(C)cc1.I. The molecule has 170 valence electrons. The Morgan fingerprint density at radius 2 is 1.77 bits per heavy atom. The molecule has 0 spiro atoms. The molecular weight excluding hydrogens is 501 g/mol. The predicted octanol–water partition coefficient (Wildman–Crippen LogP) is 3.01. The van der Waals surface area contributed by atoms with Crippen molar-refractivity contribution in [2.75, 3.05) is 57.8 Å². The standard InChI is InChI=1S/C23H35N7.HI/c1-4-24-22(28(3)19-21-9-7-20(2)8-10-21)25-13-6-14-29-15-17-30(18-16-29)23-26-11-5-12-27-23;/h5,7-12H,4,6,13-19H2,1-3H3,(H,24,25);1H. The third-order valence-corrected chi connectivity index (χ3v) is 5.34. The van der Waals surface area contributed by atoms with Crippen molar-refractivity contribution in [1.82, 2.24) is 25.1 Å². The fourth-order valence-electron chi connectivity index (χ4n) is 3.62. The van der Waals surface area contributed by atoms with E-state index in [1.54, 1.807) is 0 Å². The van der Waals surface area contributed by atoms with Crippen molar-refractivity contribution >= 4 is 35.9 Å². The molecule has 3 rings (SSSR count). The van der Waals surface area contributed by atoms with Gasteiger partial charge in [0.1, 0.15) is 0 Å². The molecule has 1 fully saturated rings. The first-order valence-electron chi connectivity index (χ1n) is 10.9. The lowest BCUT2D eigenvalue weighted by Crippen LogP contribution is -2.47. The second-order valence-electron chi connectivity index (χ2n) is 7.81. The van der Waals surface area contributed by atoms with E-state index in [4.69, 9.17) is 4.99 Å². The minimum atomic E-state index is 0. The van der Waals surface area contributed by atoms with E-state index in [0.29, 0.717) is 0 Å². The Kier molecular flexibility index (Phi) is 11.0. The summed E-state index contributed by atoms with van der Waals surface area (Å²) in [5, 5.41) is 3.42.